The normalized spacial score (nSPS) is 18.3. The van der Waals surface area contributed by atoms with Gasteiger partial charge in [0.05, 0.1) is 0 Å². The fourth-order valence-corrected chi connectivity index (χ4v) is 6.78. The van der Waals surface area contributed by atoms with Gasteiger partial charge in [-0.15, -0.1) is 22.6 Å². The van der Waals surface area contributed by atoms with Gasteiger partial charge in [0.1, 0.15) is 11.9 Å². The van der Waals surface area contributed by atoms with Gasteiger partial charge in [-0.3, -0.25) is 14.4 Å². The fourth-order valence-electron chi connectivity index (χ4n) is 6.78. The summed E-state index contributed by atoms with van der Waals surface area (Å²) < 4.78 is 15.1. The number of hydrogen-bond acceptors (Lipinski definition) is 8. The highest BCUT2D eigenvalue weighted by atomic mass is 35.5. The first-order chi connectivity index (χ1) is 24.3. The number of amides is 3. The number of hydrogen-bond donors (Lipinski definition) is 6. The van der Waals surface area contributed by atoms with Crippen LogP contribution in [-0.2, 0) is 16.0 Å². The third kappa shape index (κ3) is 9.54. The third-order valence-electron chi connectivity index (χ3n) is 9.93. The Hall–Kier alpha value is -4.72. The average molecular weight is 718 g/mol. The lowest BCUT2D eigenvalue weighted by molar-refractivity contribution is -0.130. The van der Waals surface area contributed by atoms with Gasteiger partial charge in [-0.25, -0.2) is 4.39 Å². The molecule has 270 valence electrons. The van der Waals surface area contributed by atoms with Crippen LogP contribution in [0, 0.1) is 24.6 Å². The van der Waals surface area contributed by atoms with E-state index in [4.69, 9.17) is 5.73 Å². The molecule has 3 aromatic carbocycles. The minimum Gasteiger partial charge on any atom is -0.349 e. The maximum atomic E-state index is 15.1. The van der Waals surface area contributed by atoms with E-state index in [1.807, 2.05) is 24.3 Å². The van der Waals surface area contributed by atoms with Crippen molar-refractivity contribution in [3.8, 4) is 22.5 Å². The second kappa shape index (κ2) is 17.5. The third-order valence-corrected chi connectivity index (χ3v) is 9.93. The van der Waals surface area contributed by atoms with Gasteiger partial charge < -0.3 is 27.0 Å². The lowest BCUT2D eigenvalue weighted by atomic mass is 9.81. The molecule has 2 aliphatic rings. The fraction of sp³-hybridized carbons (Fsp3) is 0.405. The van der Waals surface area contributed by atoms with Gasteiger partial charge in [-0.2, -0.15) is 5.21 Å². The molecule has 2 fully saturated rings. The summed E-state index contributed by atoms with van der Waals surface area (Å²) in [6.07, 6.45) is 5.15. The molecule has 0 spiro atoms. The number of benzene rings is 3. The highest BCUT2D eigenvalue weighted by Gasteiger charge is 2.29. The molecule has 0 radical (unpaired) electrons. The Morgan fingerprint density at radius 1 is 0.941 bits per heavy atom. The van der Waals surface area contributed by atoms with E-state index in [0.717, 1.165) is 68.3 Å². The van der Waals surface area contributed by atoms with Crippen LogP contribution < -0.4 is 27.0 Å². The predicted octanol–water partition coefficient (Wildman–Crippen LogP) is 4.32. The van der Waals surface area contributed by atoms with Crippen LogP contribution in [0.2, 0.25) is 0 Å². The SMILES string of the molecule is Cc1c(F)cc(C(=O)NC2CCNCC2)cc1-c1ccc(C[C@H](NC(=O)[C@H]2CC[C@H](CN)CC2)C(=O)Nc2ccc(-c3nn[nH]n3)cc2)cc1.Cl. The van der Waals surface area contributed by atoms with E-state index in [1.54, 1.807) is 37.3 Å². The Balaban J connectivity index is 0.00000504. The number of aromatic nitrogens is 4. The molecular weight excluding hydrogens is 673 g/mol. The number of anilines is 1. The Morgan fingerprint density at radius 3 is 2.27 bits per heavy atom. The van der Waals surface area contributed by atoms with Gasteiger partial charge in [-0.1, -0.05) is 24.3 Å². The molecule has 14 heteroatoms. The molecule has 4 aromatic rings. The molecule has 0 bridgehead atoms. The summed E-state index contributed by atoms with van der Waals surface area (Å²) in [5, 5.41) is 26.2. The first-order valence-electron chi connectivity index (χ1n) is 17.3. The smallest absolute Gasteiger partial charge is 0.251 e. The summed E-state index contributed by atoms with van der Waals surface area (Å²) in [5.41, 5.74) is 10.0. The van der Waals surface area contributed by atoms with Crippen LogP contribution in [0.1, 0.15) is 60.0 Å². The molecule has 1 aliphatic heterocycles. The first-order valence-corrected chi connectivity index (χ1v) is 17.3. The van der Waals surface area contributed by atoms with E-state index >= 15 is 4.39 Å². The minimum atomic E-state index is -0.848. The molecule has 3 amide bonds. The molecule has 12 nitrogen and oxygen atoms in total. The van der Waals surface area contributed by atoms with Crippen molar-refractivity contribution in [2.45, 2.75) is 64.0 Å². The van der Waals surface area contributed by atoms with E-state index in [0.29, 0.717) is 35.1 Å². The van der Waals surface area contributed by atoms with Crippen molar-refractivity contribution >= 4 is 35.8 Å². The molecule has 51 heavy (non-hydrogen) atoms. The summed E-state index contributed by atoms with van der Waals surface area (Å²) >= 11 is 0. The van der Waals surface area contributed by atoms with Gasteiger partial charge in [-0.05, 0) is 135 Å². The second-order valence-corrected chi connectivity index (χ2v) is 13.3. The largest absolute Gasteiger partial charge is 0.349 e. The predicted molar refractivity (Wildman–Crippen MR) is 196 cm³/mol. The molecule has 2 heterocycles. The summed E-state index contributed by atoms with van der Waals surface area (Å²) in [6, 6.07) is 16.7. The second-order valence-electron chi connectivity index (χ2n) is 13.3. The zero-order chi connectivity index (χ0) is 35.0. The van der Waals surface area contributed by atoms with E-state index in [1.165, 1.54) is 6.07 Å². The van der Waals surface area contributed by atoms with Crippen LogP contribution in [0.5, 0.6) is 0 Å². The number of carbonyl (C=O) groups is 3. The van der Waals surface area contributed by atoms with Gasteiger partial charge in [0, 0.05) is 35.2 Å². The first kappa shape index (κ1) is 37.5. The number of nitrogens with two attached hydrogens (primary N) is 1. The molecule has 1 saturated carbocycles. The van der Waals surface area contributed by atoms with Gasteiger partial charge in [0.25, 0.3) is 5.91 Å². The topological polar surface area (TPSA) is 180 Å². The standard InChI is InChI=1S/C37H44FN9O3.ClH/c1-22-31(19-28(20-32(22)38)36(49)41-30-14-16-40-17-15-30)25-6-2-23(3-7-25)18-33(43-35(48)27-8-4-24(21-39)5-9-27)37(50)42-29-12-10-26(11-13-29)34-44-46-47-45-34;/h2-3,6-7,10-13,19-20,24,27,30,33,40H,4-5,8-9,14-18,21,39H2,1H3,(H,41,49)(H,42,50)(H,43,48)(H,44,45,46,47);1H/t24-,27-,33-;/m0./s1. The number of nitrogens with zero attached hydrogens (tertiary/aromatic N) is 3. The Morgan fingerprint density at radius 2 is 1.63 bits per heavy atom. The summed E-state index contributed by atoms with van der Waals surface area (Å²) in [5.74, 6) is -0.556. The van der Waals surface area contributed by atoms with E-state index in [2.05, 4.69) is 41.9 Å². The van der Waals surface area contributed by atoms with Crippen molar-refractivity contribution in [1.29, 1.82) is 0 Å². The number of tetrazole rings is 1. The molecule has 1 saturated heterocycles. The zero-order valence-electron chi connectivity index (χ0n) is 28.6. The maximum Gasteiger partial charge on any atom is 0.251 e. The maximum absolute atomic E-state index is 15.1. The summed E-state index contributed by atoms with van der Waals surface area (Å²) in [7, 11) is 0. The Labute approximate surface area is 302 Å². The van der Waals surface area contributed by atoms with E-state index in [9.17, 15) is 14.4 Å². The van der Waals surface area contributed by atoms with Crippen molar-refractivity contribution in [2.75, 3.05) is 25.0 Å². The van der Waals surface area contributed by atoms with Gasteiger partial charge in [0.2, 0.25) is 17.6 Å². The lowest BCUT2D eigenvalue weighted by Crippen LogP contribution is -2.48. The van der Waals surface area contributed by atoms with E-state index in [-0.39, 0.29) is 54.1 Å². The average Bonchev–Trinajstić information content (AvgIpc) is 3.69. The van der Waals surface area contributed by atoms with Crippen LogP contribution in [0.3, 0.4) is 0 Å². The number of H-pyrrole nitrogens is 1. The number of aromatic amines is 1. The van der Waals surface area contributed by atoms with Crippen molar-refractivity contribution < 1.29 is 18.8 Å². The number of piperidine rings is 1. The lowest BCUT2D eigenvalue weighted by Gasteiger charge is -2.28. The summed E-state index contributed by atoms with van der Waals surface area (Å²) in [6.45, 7) is 3.98. The van der Waals surface area contributed by atoms with Crippen molar-refractivity contribution in [2.24, 2.45) is 17.6 Å². The van der Waals surface area contributed by atoms with Crippen LogP contribution >= 0.6 is 12.4 Å². The monoisotopic (exact) mass is 717 g/mol. The molecule has 6 rings (SSSR count). The minimum absolute atomic E-state index is 0. The Bertz CT molecular complexity index is 1770. The summed E-state index contributed by atoms with van der Waals surface area (Å²) in [4.78, 5) is 40.2. The van der Waals surface area contributed by atoms with Gasteiger partial charge >= 0.3 is 0 Å². The molecule has 7 N–H and O–H groups in total. The molecular formula is C37H45ClFN9O3. The van der Waals surface area contributed by atoms with Crippen molar-refractivity contribution in [3.63, 3.8) is 0 Å². The van der Waals surface area contributed by atoms with Crippen LogP contribution in [0.15, 0.2) is 60.7 Å². The van der Waals surface area contributed by atoms with Gasteiger partial charge in [0.15, 0.2) is 0 Å². The number of carbonyl (C=O) groups excluding carboxylic acids is 3. The highest BCUT2D eigenvalue weighted by molar-refractivity contribution is 5.98. The Kier molecular flexibility index (Phi) is 12.9. The van der Waals surface area contributed by atoms with E-state index < -0.39 is 11.9 Å². The van der Waals surface area contributed by atoms with Crippen molar-refractivity contribution in [3.05, 3.63) is 83.2 Å². The highest BCUT2D eigenvalue weighted by Crippen LogP contribution is 2.30. The molecule has 1 atom stereocenters. The number of nitrogens with one attached hydrogen (secondary N) is 5. The zero-order valence-corrected chi connectivity index (χ0v) is 29.4. The number of halogens is 2. The van der Waals surface area contributed by atoms with Crippen molar-refractivity contribution in [1.82, 2.24) is 36.6 Å². The molecule has 0 unspecified atom stereocenters. The number of rotatable bonds is 11. The van der Waals surface area contributed by atoms with Crippen LogP contribution in [0.25, 0.3) is 22.5 Å². The van der Waals surface area contributed by atoms with Crippen LogP contribution in [-0.4, -0.2) is 70.1 Å². The quantitative estimate of drug-likeness (QED) is 0.133. The molecule has 1 aliphatic carbocycles. The van der Waals surface area contributed by atoms with Crippen LogP contribution in [0.4, 0.5) is 10.1 Å². The molecule has 1 aromatic heterocycles.